The highest BCUT2D eigenvalue weighted by atomic mass is 19.1. The van der Waals surface area contributed by atoms with E-state index in [9.17, 15) is 9.18 Å². The van der Waals surface area contributed by atoms with E-state index in [4.69, 9.17) is 5.73 Å². The van der Waals surface area contributed by atoms with Gasteiger partial charge in [0.05, 0.1) is 24.5 Å². The molecule has 1 fully saturated rings. The molecule has 1 aliphatic rings. The fraction of sp³-hybridized carbons (Fsp3) is 0.333. The van der Waals surface area contributed by atoms with Crippen molar-refractivity contribution in [3.63, 3.8) is 0 Å². The van der Waals surface area contributed by atoms with Gasteiger partial charge in [0.25, 0.3) is 0 Å². The Labute approximate surface area is 121 Å². The quantitative estimate of drug-likeness (QED) is 0.901. The topological polar surface area (TPSA) is 75.0 Å². The Bertz CT molecular complexity index is 655. The number of rotatable bonds is 4. The molecule has 5 nitrogen and oxygen atoms in total. The molecule has 3 N–H and O–H groups in total. The molecule has 0 spiro atoms. The number of carbonyl (C=O) groups is 1. The fourth-order valence-electron chi connectivity index (χ4n) is 2.99. The monoisotopic (exact) mass is 288 g/mol. The van der Waals surface area contributed by atoms with E-state index < -0.39 is 0 Å². The zero-order chi connectivity index (χ0) is 14.8. The molecule has 1 saturated heterocycles. The minimum Gasteiger partial charge on any atom is -0.369 e. The van der Waals surface area contributed by atoms with Crippen LogP contribution >= 0.6 is 0 Å². The third kappa shape index (κ3) is 2.67. The van der Waals surface area contributed by atoms with E-state index in [0.717, 1.165) is 30.6 Å². The molecule has 0 aliphatic carbocycles. The second kappa shape index (κ2) is 5.65. The van der Waals surface area contributed by atoms with Crippen LogP contribution in [0.5, 0.6) is 0 Å². The molecule has 3 rings (SSSR count). The summed E-state index contributed by atoms with van der Waals surface area (Å²) in [6.07, 6.45) is 3.51. The molecule has 1 atom stereocenters. The Morgan fingerprint density at radius 3 is 3.00 bits per heavy atom. The van der Waals surface area contributed by atoms with Crippen LogP contribution in [-0.2, 0) is 4.79 Å². The van der Waals surface area contributed by atoms with Gasteiger partial charge in [-0.2, -0.15) is 5.10 Å². The van der Waals surface area contributed by atoms with Crippen LogP contribution in [-0.4, -0.2) is 34.1 Å². The molecule has 6 heteroatoms. The number of amides is 1. The summed E-state index contributed by atoms with van der Waals surface area (Å²) in [6.45, 7) is 1.02. The third-order valence-electron chi connectivity index (χ3n) is 3.89. The summed E-state index contributed by atoms with van der Waals surface area (Å²) in [5, 5.41) is 7.03. The maximum Gasteiger partial charge on any atom is 0.231 e. The van der Waals surface area contributed by atoms with Crippen molar-refractivity contribution in [2.24, 2.45) is 5.73 Å². The van der Waals surface area contributed by atoms with Crippen molar-refractivity contribution in [1.29, 1.82) is 0 Å². The molecule has 1 aromatic carbocycles. The van der Waals surface area contributed by atoms with Crippen molar-refractivity contribution in [3.05, 3.63) is 42.0 Å². The van der Waals surface area contributed by atoms with E-state index in [1.54, 1.807) is 24.4 Å². The lowest BCUT2D eigenvalue weighted by molar-refractivity contribution is -0.119. The highest BCUT2D eigenvalue weighted by Gasteiger charge is 2.30. The summed E-state index contributed by atoms with van der Waals surface area (Å²) in [4.78, 5) is 13.2. The van der Waals surface area contributed by atoms with Crippen molar-refractivity contribution in [1.82, 2.24) is 15.1 Å². The van der Waals surface area contributed by atoms with Gasteiger partial charge in [0, 0.05) is 11.1 Å². The molecule has 0 radical (unpaired) electrons. The number of H-pyrrole nitrogens is 1. The highest BCUT2D eigenvalue weighted by molar-refractivity contribution is 5.76. The van der Waals surface area contributed by atoms with Crippen LogP contribution in [0.2, 0.25) is 0 Å². The lowest BCUT2D eigenvalue weighted by atomic mass is 10.0. The first kappa shape index (κ1) is 13.8. The van der Waals surface area contributed by atoms with Crippen molar-refractivity contribution in [2.75, 3.05) is 13.1 Å². The van der Waals surface area contributed by atoms with Gasteiger partial charge in [-0.05, 0) is 25.5 Å². The van der Waals surface area contributed by atoms with E-state index >= 15 is 0 Å². The zero-order valence-corrected chi connectivity index (χ0v) is 11.6. The first-order valence-electron chi connectivity index (χ1n) is 6.97. The number of primary amides is 1. The number of halogens is 1. The van der Waals surface area contributed by atoms with E-state index in [0.29, 0.717) is 5.56 Å². The number of aromatic amines is 1. The number of benzene rings is 1. The molecular formula is C15H17FN4O. The second-order valence-electron chi connectivity index (χ2n) is 5.27. The van der Waals surface area contributed by atoms with Crippen LogP contribution in [0.15, 0.2) is 30.5 Å². The normalized spacial score (nSPS) is 19.0. The van der Waals surface area contributed by atoms with E-state index in [1.165, 1.54) is 6.07 Å². The van der Waals surface area contributed by atoms with Gasteiger partial charge in [0.2, 0.25) is 5.91 Å². The molecular weight excluding hydrogens is 271 g/mol. The molecule has 1 aromatic heterocycles. The number of hydrogen-bond donors (Lipinski definition) is 2. The number of nitrogens with zero attached hydrogens (tertiary/aromatic N) is 2. The summed E-state index contributed by atoms with van der Waals surface area (Å²) < 4.78 is 14.0. The molecule has 2 aromatic rings. The lowest BCUT2D eigenvalue weighted by Gasteiger charge is -2.23. The van der Waals surface area contributed by atoms with Crippen LogP contribution < -0.4 is 5.73 Å². The van der Waals surface area contributed by atoms with Gasteiger partial charge in [0.15, 0.2) is 0 Å². The minimum atomic E-state index is -0.353. The standard InChI is InChI=1S/C15H17FN4O/c16-12-5-2-1-4-10(12)11-8-18-19-15(11)13-6-3-7-20(13)9-14(17)21/h1-2,4-5,8,13H,3,6-7,9H2,(H2,17,21)(H,18,19). The van der Waals surface area contributed by atoms with Crippen molar-refractivity contribution < 1.29 is 9.18 Å². The zero-order valence-electron chi connectivity index (χ0n) is 11.6. The molecule has 0 bridgehead atoms. The summed E-state index contributed by atoms with van der Waals surface area (Å²) in [5.41, 5.74) is 7.41. The largest absolute Gasteiger partial charge is 0.369 e. The fourth-order valence-corrected chi connectivity index (χ4v) is 2.99. The summed E-state index contributed by atoms with van der Waals surface area (Å²) in [7, 11) is 0. The van der Waals surface area contributed by atoms with Gasteiger partial charge in [-0.15, -0.1) is 0 Å². The molecule has 1 amide bonds. The molecule has 1 aliphatic heterocycles. The number of hydrogen-bond acceptors (Lipinski definition) is 3. The van der Waals surface area contributed by atoms with E-state index in [2.05, 4.69) is 10.2 Å². The molecule has 110 valence electrons. The average Bonchev–Trinajstić information content (AvgIpc) is 3.07. The van der Waals surface area contributed by atoms with Gasteiger partial charge in [0.1, 0.15) is 5.82 Å². The number of likely N-dealkylation sites (tertiary alicyclic amines) is 1. The predicted molar refractivity (Wildman–Crippen MR) is 76.7 cm³/mol. The Kier molecular flexibility index (Phi) is 3.70. The van der Waals surface area contributed by atoms with Crippen molar-refractivity contribution in [2.45, 2.75) is 18.9 Å². The Balaban J connectivity index is 1.95. The minimum absolute atomic E-state index is 0.0228. The van der Waals surface area contributed by atoms with Gasteiger partial charge in [-0.3, -0.25) is 14.8 Å². The average molecular weight is 288 g/mol. The first-order valence-corrected chi connectivity index (χ1v) is 6.97. The maximum atomic E-state index is 14.0. The Morgan fingerprint density at radius 2 is 2.24 bits per heavy atom. The van der Waals surface area contributed by atoms with Crippen LogP contribution in [0.4, 0.5) is 4.39 Å². The Hall–Kier alpha value is -2.21. The van der Waals surface area contributed by atoms with Gasteiger partial charge < -0.3 is 5.73 Å². The van der Waals surface area contributed by atoms with E-state index in [1.807, 2.05) is 4.90 Å². The van der Waals surface area contributed by atoms with Crippen LogP contribution in [0.1, 0.15) is 24.6 Å². The third-order valence-corrected chi connectivity index (χ3v) is 3.89. The molecule has 2 heterocycles. The van der Waals surface area contributed by atoms with Gasteiger partial charge in [-0.1, -0.05) is 18.2 Å². The molecule has 0 saturated carbocycles. The number of nitrogens with two attached hydrogens (primary N) is 1. The summed E-state index contributed by atoms with van der Waals surface area (Å²) in [6, 6.07) is 6.65. The molecule has 21 heavy (non-hydrogen) atoms. The second-order valence-corrected chi connectivity index (χ2v) is 5.27. The van der Waals surface area contributed by atoms with Crippen LogP contribution in [0, 0.1) is 5.82 Å². The SMILES string of the molecule is NC(=O)CN1CCCC1c1[nH]ncc1-c1ccccc1F. The van der Waals surface area contributed by atoms with Crippen molar-refractivity contribution in [3.8, 4) is 11.1 Å². The summed E-state index contributed by atoms with van der Waals surface area (Å²) >= 11 is 0. The number of nitrogens with one attached hydrogen (secondary N) is 1. The number of carbonyl (C=O) groups excluding carboxylic acids is 1. The lowest BCUT2D eigenvalue weighted by Crippen LogP contribution is -2.33. The van der Waals surface area contributed by atoms with Crippen LogP contribution in [0.25, 0.3) is 11.1 Å². The van der Waals surface area contributed by atoms with Gasteiger partial charge >= 0.3 is 0 Å². The first-order chi connectivity index (χ1) is 10.2. The smallest absolute Gasteiger partial charge is 0.231 e. The predicted octanol–water partition coefficient (Wildman–Crippen LogP) is 1.84. The highest BCUT2D eigenvalue weighted by Crippen LogP contribution is 2.36. The van der Waals surface area contributed by atoms with Crippen LogP contribution in [0.3, 0.4) is 0 Å². The van der Waals surface area contributed by atoms with E-state index in [-0.39, 0.29) is 24.3 Å². The van der Waals surface area contributed by atoms with Crippen molar-refractivity contribution >= 4 is 5.91 Å². The number of aromatic nitrogens is 2. The molecule has 1 unspecified atom stereocenters. The maximum absolute atomic E-state index is 14.0. The Morgan fingerprint density at radius 1 is 1.43 bits per heavy atom. The van der Waals surface area contributed by atoms with Gasteiger partial charge in [-0.25, -0.2) is 4.39 Å². The summed E-state index contributed by atoms with van der Waals surface area (Å²) in [5.74, 6) is -0.631.